The van der Waals surface area contributed by atoms with Crippen molar-refractivity contribution in [3.8, 4) is 0 Å². The van der Waals surface area contributed by atoms with Gasteiger partial charge >= 0.3 is 0 Å². The minimum atomic E-state index is 0.0726. The molecule has 0 radical (unpaired) electrons. The Kier molecular flexibility index (Phi) is 3.78. The number of amides is 1. The molecule has 0 aliphatic carbocycles. The second kappa shape index (κ2) is 5.44. The second-order valence-corrected chi connectivity index (χ2v) is 7.30. The fourth-order valence-electron chi connectivity index (χ4n) is 3.38. The lowest BCUT2D eigenvalue weighted by molar-refractivity contribution is 0.0422. The quantitative estimate of drug-likeness (QED) is 0.875. The summed E-state index contributed by atoms with van der Waals surface area (Å²) in [5.41, 5.74) is 1.85. The summed E-state index contributed by atoms with van der Waals surface area (Å²) in [4.78, 5) is 14.6. The van der Waals surface area contributed by atoms with Gasteiger partial charge in [0.1, 0.15) is 5.69 Å². The molecule has 5 nitrogen and oxygen atoms in total. The summed E-state index contributed by atoms with van der Waals surface area (Å²) in [6.07, 6.45) is 2.19. The average molecular weight is 290 g/mol. The lowest BCUT2D eigenvalue weighted by Crippen LogP contribution is -2.47. The van der Waals surface area contributed by atoms with Crippen molar-refractivity contribution >= 4 is 5.91 Å². The molecule has 1 aromatic heterocycles. The summed E-state index contributed by atoms with van der Waals surface area (Å²) in [5.74, 6) is 1.20. The van der Waals surface area contributed by atoms with Crippen LogP contribution in [0.25, 0.3) is 0 Å². The van der Waals surface area contributed by atoms with Gasteiger partial charge in [0, 0.05) is 31.2 Å². The maximum atomic E-state index is 12.7. The average Bonchev–Trinajstić information content (AvgIpc) is 3.10. The number of aromatic amines is 1. The van der Waals surface area contributed by atoms with Crippen LogP contribution < -0.4 is 5.32 Å². The normalized spacial score (nSPS) is 28.8. The van der Waals surface area contributed by atoms with E-state index in [1.807, 2.05) is 11.0 Å². The summed E-state index contributed by atoms with van der Waals surface area (Å²) in [7, 11) is 0. The first-order valence-corrected chi connectivity index (χ1v) is 8.02. The molecule has 2 aliphatic heterocycles. The zero-order valence-corrected chi connectivity index (χ0v) is 13.3. The third-order valence-electron chi connectivity index (χ3n) is 5.37. The van der Waals surface area contributed by atoms with Crippen LogP contribution in [0.2, 0.25) is 0 Å². The van der Waals surface area contributed by atoms with Crippen LogP contribution >= 0.6 is 0 Å². The van der Waals surface area contributed by atoms with E-state index in [0.29, 0.717) is 17.5 Å². The Balaban J connectivity index is 1.70. The Morgan fingerprint density at radius 1 is 1.43 bits per heavy atom. The fraction of sp³-hybridized carbons (Fsp3) is 0.750. The van der Waals surface area contributed by atoms with Crippen LogP contribution in [-0.4, -0.2) is 47.2 Å². The molecular weight excluding hydrogens is 264 g/mol. The van der Waals surface area contributed by atoms with Crippen molar-refractivity contribution in [3.05, 3.63) is 17.5 Å². The first-order chi connectivity index (χ1) is 9.97. The van der Waals surface area contributed by atoms with E-state index in [0.717, 1.165) is 44.7 Å². The molecule has 2 saturated heterocycles. The Labute approximate surface area is 126 Å². The number of hydrogen-bond acceptors (Lipinski definition) is 3. The molecule has 3 rings (SSSR count). The van der Waals surface area contributed by atoms with Crippen LogP contribution in [0.3, 0.4) is 0 Å². The first kappa shape index (κ1) is 14.6. The summed E-state index contributed by atoms with van der Waals surface area (Å²) in [6.45, 7) is 10.5. The number of nitrogens with one attached hydrogen (secondary N) is 2. The van der Waals surface area contributed by atoms with Gasteiger partial charge in [-0.1, -0.05) is 20.8 Å². The molecule has 0 aromatic carbocycles. The highest BCUT2D eigenvalue weighted by atomic mass is 16.2. The minimum absolute atomic E-state index is 0.0726. The monoisotopic (exact) mass is 290 g/mol. The van der Waals surface area contributed by atoms with Gasteiger partial charge in [-0.15, -0.1) is 0 Å². The van der Waals surface area contributed by atoms with Crippen molar-refractivity contribution in [2.75, 3.05) is 26.2 Å². The molecule has 2 atom stereocenters. The van der Waals surface area contributed by atoms with Crippen molar-refractivity contribution in [2.45, 2.75) is 39.5 Å². The molecular formula is C16H26N4O. The highest BCUT2D eigenvalue weighted by molar-refractivity contribution is 5.92. The largest absolute Gasteiger partial charge is 0.337 e. The number of carbonyl (C=O) groups excluding carboxylic acids is 1. The predicted octanol–water partition coefficient (Wildman–Crippen LogP) is 1.99. The number of carbonyl (C=O) groups is 1. The molecule has 2 N–H and O–H groups in total. The summed E-state index contributed by atoms with van der Waals surface area (Å²) < 4.78 is 0. The molecule has 0 saturated carbocycles. The molecule has 1 amide bonds. The highest BCUT2D eigenvalue weighted by Crippen LogP contribution is 2.34. The smallest absolute Gasteiger partial charge is 0.274 e. The van der Waals surface area contributed by atoms with Crippen molar-refractivity contribution in [2.24, 2.45) is 11.3 Å². The number of H-pyrrole nitrogens is 1. The fourth-order valence-corrected chi connectivity index (χ4v) is 3.38. The molecule has 0 spiro atoms. The van der Waals surface area contributed by atoms with E-state index in [2.05, 4.69) is 36.3 Å². The summed E-state index contributed by atoms with van der Waals surface area (Å²) in [6, 6.07) is 1.95. The third-order valence-corrected chi connectivity index (χ3v) is 5.37. The SMILES string of the molecule is CC1CCN(C(=O)c2cc(C3CCNC3)[nH]n2)CC1(C)C. The summed E-state index contributed by atoms with van der Waals surface area (Å²) in [5, 5.41) is 10.7. The van der Waals surface area contributed by atoms with E-state index >= 15 is 0 Å². The number of likely N-dealkylation sites (tertiary alicyclic amines) is 1. The minimum Gasteiger partial charge on any atom is -0.337 e. The number of hydrogen-bond donors (Lipinski definition) is 2. The molecule has 0 bridgehead atoms. The van der Waals surface area contributed by atoms with Gasteiger partial charge in [-0.2, -0.15) is 5.10 Å². The zero-order chi connectivity index (χ0) is 15.0. The Morgan fingerprint density at radius 2 is 2.24 bits per heavy atom. The summed E-state index contributed by atoms with van der Waals surface area (Å²) >= 11 is 0. The van der Waals surface area contributed by atoms with E-state index in [1.165, 1.54) is 0 Å². The van der Waals surface area contributed by atoms with Gasteiger partial charge in [0.05, 0.1) is 0 Å². The molecule has 2 fully saturated rings. The van der Waals surface area contributed by atoms with Crippen LogP contribution in [0.15, 0.2) is 6.07 Å². The van der Waals surface area contributed by atoms with Crippen molar-refractivity contribution in [3.63, 3.8) is 0 Å². The Hall–Kier alpha value is -1.36. The molecule has 2 unspecified atom stereocenters. The van der Waals surface area contributed by atoms with Crippen LogP contribution in [0.4, 0.5) is 0 Å². The second-order valence-electron chi connectivity index (χ2n) is 7.30. The lowest BCUT2D eigenvalue weighted by atomic mass is 9.75. The van der Waals surface area contributed by atoms with Crippen molar-refractivity contribution in [1.82, 2.24) is 20.4 Å². The molecule has 116 valence electrons. The van der Waals surface area contributed by atoms with Gasteiger partial charge in [-0.05, 0) is 36.8 Å². The Morgan fingerprint density at radius 3 is 2.90 bits per heavy atom. The topological polar surface area (TPSA) is 61.0 Å². The standard InChI is InChI=1S/C16H26N4O/c1-11-5-7-20(10-16(11,2)3)15(21)14-8-13(18-19-14)12-4-6-17-9-12/h8,11-12,17H,4-7,9-10H2,1-3H3,(H,18,19). The number of rotatable bonds is 2. The molecule has 3 heterocycles. The Bertz CT molecular complexity index is 516. The predicted molar refractivity (Wildman–Crippen MR) is 82.3 cm³/mol. The third kappa shape index (κ3) is 2.84. The van der Waals surface area contributed by atoms with Gasteiger partial charge < -0.3 is 10.2 Å². The van der Waals surface area contributed by atoms with Gasteiger partial charge in [0.15, 0.2) is 0 Å². The maximum Gasteiger partial charge on any atom is 0.274 e. The van der Waals surface area contributed by atoms with Crippen LogP contribution in [0.1, 0.15) is 55.7 Å². The molecule has 1 aromatic rings. The van der Waals surface area contributed by atoms with E-state index in [1.54, 1.807) is 0 Å². The van der Waals surface area contributed by atoms with E-state index in [9.17, 15) is 4.79 Å². The molecule has 2 aliphatic rings. The van der Waals surface area contributed by atoms with Crippen LogP contribution in [0.5, 0.6) is 0 Å². The van der Waals surface area contributed by atoms with E-state index in [4.69, 9.17) is 0 Å². The van der Waals surface area contributed by atoms with E-state index in [-0.39, 0.29) is 11.3 Å². The van der Waals surface area contributed by atoms with Gasteiger partial charge in [-0.25, -0.2) is 0 Å². The lowest BCUT2D eigenvalue weighted by Gasteiger charge is -2.42. The zero-order valence-electron chi connectivity index (χ0n) is 13.3. The van der Waals surface area contributed by atoms with Crippen LogP contribution in [-0.2, 0) is 0 Å². The van der Waals surface area contributed by atoms with Gasteiger partial charge in [0.2, 0.25) is 0 Å². The van der Waals surface area contributed by atoms with Crippen LogP contribution in [0, 0.1) is 11.3 Å². The van der Waals surface area contributed by atoms with Gasteiger partial charge in [-0.3, -0.25) is 9.89 Å². The number of nitrogens with zero attached hydrogens (tertiary/aromatic N) is 2. The highest BCUT2D eigenvalue weighted by Gasteiger charge is 2.35. The van der Waals surface area contributed by atoms with Crippen molar-refractivity contribution < 1.29 is 4.79 Å². The molecule has 21 heavy (non-hydrogen) atoms. The van der Waals surface area contributed by atoms with E-state index < -0.39 is 0 Å². The number of piperidine rings is 1. The molecule has 5 heteroatoms. The maximum absolute atomic E-state index is 12.7. The number of aromatic nitrogens is 2. The van der Waals surface area contributed by atoms with Crippen molar-refractivity contribution in [1.29, 1.82) is 0 Å². The van der Waals surface area contributed by atoms with Gasteiger partial charge in [0.25, 0.3) is 5.91 Å². The first-order valence-electron chi connectivity index (χ1n) is 8.02.